The molecule has 1 heterocycles. The maximum absolute atomic E-state index is 13.7. The Labute approximate surface area is 123 Å². The van der Waals surface area contributed by atoms with E-state index in [0.29, 0.717) is 11.4 Å². The molecule has 0 aliphatic rings. The lowest BCUT2D eigenvalue weighted by Gasteiger charge is -2.15. The van der Waals surface area contributed by atoms with Crippen LogP contribution in [0.2, 0.25) is 0 Å². The van der Waals surface area contributed by atoms with E-state index in [0.717, 1.165) is 0 Å². The number of pyridine rings is 1. The van der Waals surface area contributed by atoms with E-state index in [1.807, 2.05) is 0 Å². The minimum atomic E-state index is -3.76. The summed E-state index contributed by atoms with van der Waals surface area (Å²) in [6.07, 6.45) is 1.25. The van der Waals surface area contributed by atoms with Gasteiger partial charge in [0.1, 0.15) is 16.5 Å². The average Bonchev–Trinajstić information content (AvgIpc) is 2.47. The van der Waals surface area contributed by atoms with Crippen molar-refractivity contribution >= 4 is 15.8 Å². The van der Waals surface area contributed by atoms with Crippen LogP contribution in [0.25, 0.3) is 0 Å². The topological polar surface area (TPSA) is 71.1 Å². The second-order valence-electron chi connectivity index (χ2n) is 4.49. The molecule has 1 atom stereocenters. The maximum atomic E-state index is 13.7. The smallest absolute Gasteiger partial charge is 0.242 e. The van der Waals surface area contributed by atoms with Crippen LogP contribution < -0.4 is 10.0 Å². The van der Waals surface area contributed by atoms with Crippen LogP contribution in [0.5, 0.6) is 0 Å². The number of anilines is 1. The summed E-state index contributed by atoms with van der Waals surface area (Å²) in [4.78, 5) is 3.99. The largest absolute Gasteiger partial charge is 0.373 e. The first kappa shape index (κ1) is 15.4. The monoisotopic (exact) mass is 309 g/mol. The molecule has 0 saturated heterocycles. The number of nitrogens with one attached hydrogen (secondary N) is 2. The highest BCUT2D eigenvalue weighted by atomic mass is 32.2. The normalized spacial score (nSPS) is 12.9. The summed E-state index contributed by atoms with van der Waals surface area (Å²) in [5.74, 6) is 0.118. The Morgan fingerprint density at radius 1 is 1.19 bits per heavy atom. The number of aromatic nitrogens is 1. The van der Waals surface area contributed by atoms with Crippen molar-refractivity contribution in [2.45, 2.75) is 17.9 Å². The van der Waals surface area contributed by atoms with Gasteiger partial charge in [0.25, 0.3) is 0 Å². The minimum Gasteiger partial charge on any atom is -0.373 e. The van der Waals surface area contributed by atoms with Crippen LogP contribution >= 0.6 is 0 Å². The van der Waals surface area contributed by atoms with Gasteiger partial charge in [0.05, 0.1) is 0 Å². The first-order valence-electron chi connectivity index (χ1n) is 6.34. The third-order valence-electron chi connectivity index (χ3n) is 3.01. The van der Waals surface area contributed by atoms with E-state index >= 15 is 0 Å². The summed E-state index contributed by atoms with van der Waals surface area (Å²) in [7, 11) is -2.07. The van der Waals surface area contributed by atoms with Crippen LogP contribution in [0.3, 0.4) is 0 Å². The van der Waals surface area contributed by atoms with Gasteiger partial charge >= 0.3 is 0 Å². The summed E-state index contributed by atoms with van der Waals surface area (Å²) < 4.78 is 40.6. The third kappa shape index (κ3) is 3.56. The molecule has 2 rings (SSSR count). The fourth-order valence-electron chi connectivity index (χ4n) is 1.88. The van der Waals surface area contributed by atoms with E-state index in [1.54, 1.807) is 38.2 Å². The van der Waals surface area contributed by atoms with E-state index < -0.39 is 21.9 Å². The molecule has 0 radical (unpaired) electrons. The fraction of sp³-hybridized carbons (Fsp3) is 0.214. The standard InChI is InChI=1S/C14H16FN3O2S/c1-10(12-5-3-4-6-13(12)15)18-21(19,20)11-7-8-14(16-2)17-9-11/h3-10,18H,1-2H3,(H,16,17). The Morgan fingerprint density at radius 2 is 1.90 bits per heavy atom. The van der Waals surface area contributed by atoms with Crippen LogP contribution in [0, 0.1) is 5.82 Å². The van der Waals surface area contributed by atoms with Gasteiger partial charge in [0.15, 0.2) is 0 Å². The Kier molecular flexibility index (Phi) is 4.54. The van der Waals surface area contributed by atoms with Crippen molar-refractivity contribution in [2.75, 3.05) is 12.4 Å². The van der Waals surface area contributed by atoms with Gasteiger partial charge in [-0.1, -0.05) is 18.2 Å². The Hall–Kier alpha value is -1.99. The molecule has 112 valence electrons. The van der Waals surface area contributed by atoms with Gasteiger partial charge < -0.3 is 5.32 Å². The third-order valence-corrected chi connectivity index (χ3v) is 4.53. The molecule has 2 N–H and O–H groups in total. The summed E-state index contributed by atoms with van der Waals surface area (Å²) in [6, 6.07) is 8.37. The molecule has 2 aromatic rings. The highest BCUT2D eigenvalue weighted by Gasteiger charge is 2.20. The maximum Gasteiger partial charge on any atom is 0.242 e. The van der Waals surface area contributed by atoms with Crippen molar-refractivity contribution in [1.82, 2.24) is 9.71 Å². The lowest BCUT2D eigenvalue weighted by Crippen LogP contribution is -2.27. The number of benzene rings is 1. The summed E-state index contributed by atoms with van der Waals surface area (Å²) in [5, 5.41) is 2.80. The first-order valence-corrected chi connectivity index (χ1v) is 7.83. The number of hydrogen-bond acceptors (Lipinski definition) is 4. The van der Waals surface area contributed by atoms with Gasteiger partial charge in [0, 0.05) is 24.8 Å². The van der Waals surface area contributed by atoms with Crippen LogP contribution in [-0.4, -0.2) is 20.4 Å². The molecule has 21 heavy (non-hydrogen) atoms. The summed E-state index contributed by atoms with van der Waals surface area (Å²) in [6.45, 7) is 1.59. The molecule has 0 aliphatic carbocycles. The zero-order valence-corrected chi connectivity index (χ0v) is 12.5. The van der Waals surface area contributed by atoms with Gasteiger partial charge in [-0.15, -0.1) is 0 Å². The molecule has 0 aliphatic heterocycles. The van der Waals surface area contributed by atoms with Gasteiger partial charge in [-0.25, -0.2) is 22.5 Å². The zero-order valence-electron chi connectivity index (χ0n) is 11.7. The Balaban J connectivity index is 2.22. The highest BCUT2D eigenvalue weighted by Crippen LogP contribution is 2.19. The van der Waals surface area contributed by atoms with E-state index in [4.69, 9.17) is 0 Å². The number of nitrogens with zero attached hydrogens (tertiary/aromatic N) is 1. The van der Waals surface area contributed by atoms with Gasteiger partial charge in [-0.3, -0.25) is 0 Å². The van der Waals surface area contributed by atoms with E-state index in [9.17, 15) is 12.8 Å². The first-order chi connectivity index (χ1) is 9.94. The Morgan fingerprint density at radius 3 is 2.48 bits per heavy atom. The van der Waals surface area contributed by atoms with Crippen molar-refractivity contribution in [3.8, 4) is 0 Å². The van der Waals surface area contributed by atoms with Crippen molar-refractivity contribution in [2.24, 2.45) is 0 Å². The molecule has 1 aromatic carbocycles. The average molecular weight is 309 g/mol. The predicted molar refractivity (Wildman–Crippen MR) is 78.9 cm³/mol. The Bertz CT molecular complexity index is 717. The molecule has 0 fully saturated rings. The van der Waals surface area contributed by atoms with Crippen LogP contribution in [-0.2, 0) is 10.0 Å². The van der Waals surface area contributed by atoms with Crippen molar-refractivity contribution in [3.05, 3.63) is 54.0 Å². The van der Waals surface area contributed by atoms with Crippen molar-refractivity contribution in [3.63, 3.8) is 0 Å². The molecule has 0 bridgehead atoms. The lowest BCUT2D eigenvalue weighted by atomic mass is 10.1. The summed E-state index contributed by atoms with van der Waals surface area (Å²) >= 11 is 0. The number of rotatable bonds is 5. The number of halogens is 1. The molecular formula is C14H16FN3O2S. The van der Waals surface area contributed by atoms with E-state index in [2.05, 4.69) is 15.0 Å². The van der Waals surface area contributed by atoms with Crippen molar-refractivity contribution < 1.29 is 12.8 Å². The van der Waals surface area contributed by atoms with Crippen LogP contribution in [0.15, 0.2) is 47.5 Å². The number of hydrogen-bond donors (Lipinski definition) is 2. The van der Waals surface area contributed by atoms with E-state index in [1.165, 1.54) is 18.3 Å². The molecule has 0 amide bonds. The molecule has 1 unspecified atom stereocenters. The number of sulfonamides is 1. The van der Waals surface area contributed by atoms with E-state index in [-0.39, 0.29) is 4.90 Å². The highest BCUT2D eigenvalue weighted by molar-refractivity contribution is 7.89. The molecule has 0 saturated carbocycles. The van der Waals surface area contributed by atoms with Gasteiger partial charge in [-0.2, -0.15) is 0 Å². The quantitative estimate of drug-likeness (QED) is 0.889. The molecular weight excluding hydrogens is 293 g/mol. The van der Waals surface area contributed by atoms with Gasteiger partial charge in [-0.05, 0) is 25.1 Å². The molecule has 5 nitrogen and oxygen atoms in total. The summed E-state index contributed by atoms with van der Waals surface area (Å²) in [5.41, 5.74) is 0.292. The molecule has 7 heteroatoms. The van der Waals surface area contributed by atoms with Gasteiger partial charge in [0.2, 0.25) is 10.0 Å². The lowest BCUT2D eigenvalue weighted by molar-refractivity contribution is 0.550. The van der Waals surface area contributed by atoms with Crippen LogP contribution in [0.1, 0.15) is 18.5 Å². The SMILES string of the molecule is CNc1ccc(S(=O)(=O)NC(C)c2ccccc2F)cn1. The fourth-order valence-corrected chi connectivity index (χ4v) is 3.04. The van der Waals surface area contributed by atoms with Crippen LogP contribution in [0.4, 0.5) is 10.2 Å². The zero-order chi connectivity index (χ0) is 15.5. The predicted octanol–water partition coefficient (Wildman–Crippen LogP) is 2.30. The van der Waals surface area contributed by atoms with Crippen molar-refractivity contribution in [1.29, 1.82) is 0 Å². The molecule has 0 spiro atoms. The second-order valence-corrected chi connectivity index (χ2v) is 6.21. The molecule has 1 aromatic heterocycles. The minimum absolute atomic E-state index is 0.0321. The second kappa shape index (κ2) is 6.19.